The second-order valence-electron chi connectivity index (χ2n) is 4.75. The van der Waals surface area contributed by atoms with Crippen molar-refractivity contribution in [3.8, 4) is 0 Å². The van der Waals surface area contributed by atoms with E-state index in [4.69, 9.17) is 0 Å². The average Bonchev–Trinajstić information content (AvgIpc) is 2.25. The van der Waals surface area contributed by atoms with Crippen LogP contribution in [0.1, 0.15) is 26.3 Å². The van der Waals surface area contributed by atoms with Crippen molar-refractivity contribution >= 4 is 23.0 Å². The number of hydrogen-bond donors (Lipinski definition) is 1. The minimum atomic E-state index is -1.04. The van der Waals surface area contributed by atoms with Gasteiger partial charge >= 0.3 is 0 Å². The van der Waals surface area contributed by atoms with Crippen molar-refractivity contribution in [2.24, 2.45) is 0 Å². The van der Waals surface area contributed by atoms with Crippen molar-refractivity contribution in [2.45, 2.75) is 31.6 Å². The van der Waals surface area contributed by atoms with Crippen LogP contribution in [0, 0.1) is 0 Å². The number of carbonyl (C=O) groups is 1. The Morgan fingerprint density at radius 1 is 1.29 bits per heavy atom. The van der Waals surface area contributed by atoms with Gasteiger partial charge in [0.15, 0.2) is 0 Å². The quantitative estimate of drug-likeness (QED) is 0.895. The standard InChI is InChI=1S/C14H18O2S/c1-14(2,3)17-13(16)12(15)10-9-11-7-5-4-6-8-11/h4-10,12,15H,1-3H3/b10-9+. The molecule has 1 atom stereocenters. The molecule has 0 fully saturated rings. The van der Waals surface area contributed by atoms with Gasteiger partial charge in [0.2, 0.25) is 5.12 Å². The van der Waals surface area contributed by atoms with Crippen LogP contribution in [-0.4, -0.2) is 21.1 Å². The lowest BCUT2D eigenvalue weighted by atomic mass is 10.2. The molecule has 92 valence electrons. The van der Waals surface area contributed by atoms with Gasteiger partial charge in [0.1, 0.15) is 6.10 Å². The maximum atomic E-state index is 11.6. The Morgan fingerprint density at radius 2 is 1.88 bits per heavy atom. The summed E-state index contributed by atoms with van der Waals surface area (Å²) in [5, 5.41) is 9.47. The first-order chi connectivity index (χ1) is 7.88. The second kappa shape index (κ2) is 6.03. The van der Waals surface area contributed by atoms with Crippen LogP contribution in [0.15, 0.2) is 36.4 Å². The molecule has 1 rings (SSSR count). The number of hydrogen-bond acceptors (Lipinski definition) is 3. The fourth-order valence-electron chi connectivity index (χ4n) is 1.21. The van der Waals surface area contributed by atoms with Crippen molar-refractivity contribution in [1.29, 1.82) is 0 Å². The summed E-state index contributed by atoms with van der Waals surface area (Å²) in [5.41, 5.74) is 0.972. The Hall–Kier alpha value is -1.06. The molecule has 1 unspecified atom stereocenters. The first-order valence-corrected chi connectivity index (χ1v) is 6.34. The first-order valence-electron chi connectivity index (χ1n) is 5.53. The van der Waals surface area contributed by atoms with Crippen molar-refractivity contribution in [3.63, 3.8) is 0 Å². The van der Waals surface area contributed by atoms with Gasteiger partial charge in [-0.1, -0.05) is 68.9 Å². The number of aliphatic hydroxyl groups excluding tert-OH is 1. The molecular formula is C14H18O2S. The molecule has 0 heterocycles. The highest BCUT2D eigenvalue weighted by Gasteiger charge is 2.21. The van der Waals surface area contributed by atoms with Crippen LogP contribution in [0.3, 0.4) is 0 Å². The number of benzene rings is 1. The van der Waals surface area contributed by atoms with E-state index < -0.39 is 6.10 Å². The third-order valence-electron chi connectivity index (χ3n) is 1.92. The Balaban J connectivity index is 2.58. The van der Waals surface area contributed by atoms with Crippen molar-refractivity contribution in [1.82, 2.24) is 0 Å². The zero-order chi connectivity index (χ0) is 12.9. The highest BCUT2D eigenvalue weighted by Crippen LogP contribution is 2.25. The van der Waals surface area contributed by atoms with E-state index in [-0.39, 0.29) is 9.86 Å². The van der Waals surface area contributed by atoms with Crippen LogP contribution in [-0.2, 0) is 4.79 Å². The Bertz CT molecular complexity index is 390. The monoisotopic (exact) mass is 250 g/mol. The number of rotatable bonds is 3. The predicted octanol–water partition coefficient (Wildman–Crippen LogP) is 3.12. The normalized spacial score (nSPS) is 13.9. The highest BCUT2D eigenvalue weighted by molar-refractivity contribution is 8.14. The lowest BCUT2D eigenvalue weighted by Crippen LogP contribution is -2.20. The molecule has 0 aliphatic rings. The topological polar surface area (TPSA) is 37.3 Å². The first kappa shape index (κ1) is 14.0. The van der Waals surface area contributed by atoms with Crippen LogP contribution in [0.25, 0.3) is 6.08 Å². The fraction of sp³-hybridized carbons (Fsp3) is 0.357. The van der Waals surface area contributed by atoms with E-state index in [1.807, 2.05) is 51.1 Å². The third kappa shape index (κ3) is 5.71. The maximum Gasteiger partial charge on any atom is 0.221 e. The molecule has 1 aromatic rings. The van der Waals surface area contributed by atoms with Gasteiger partial charge < -0.3 is 5.11 Å². The summed E-state index contributed by atoms with van der Waals surface area (Å²) in [7, 11) is 0. The summed E-state index contributed by atoms with van der Waals surface area (Å²) < 4.78 is -0.168. The summed E-state index contributed by atoms with van der Waals surface area (Å²) >= 11 is 1.16. The minimum Gasteiger partial charge on any atom is -0.380 e. The zero-order valence-electron chi connectivity index (χ0n) is 10.4. The number of thioether (sulfide) groups is 1. The van der Waals surface area contributed by atoms with Crippen LogP contribution in [0.5, 0.6) is 0 Å². The predicted molar refractivity (Wildman–Crippen MR) is 73.8 cm³/mol. The van der Waals surface area contributed by atoms with Crippen molar-refractivity contribution in [3.05, 3.63) is 42.0 Å². The minimum absolute atomic E-state index is 0.168. The molecule has 0 aliphatic heterocycles. The lowest BCUT2D eigenvalue weighted by Gasteiger charge is -2.17. The Labute approximate surface area is 107 Å². The summed E-state index contributed by atoms with van der Waals surface area (Å²) in [5.74, 6) is 0. The van der Waals surface area contributed by atoms with E-state index in [0.717, 1.165) is 17.3 Å². The summed E-state index contributed by atoms with van der Waals surface area (Å²) in [6.07, 6.45) is 2.24. The van der Waals surface area contributed by atoms with Gasteiger partial charge in [-0.05, 0) is 11.6 Å². The summed E-state index contributed by atoms with van der Waals surface area (Å²) in [6.45, 7) is 5.84. The van der Waals surface area contributed by atoms with Crippen molar-refractivity contribution < 1.29 is 9.90 Å². The van der Waals surface area contributed by atoms with E-state index >= 15 is 0 Å². The molecule has 3 heteroatoms. The molecule has 0 saturated heterocycles. The maximum absolute atomic E-state index is 11.6. The average molecular weight is 250 g/mol. The second-order valence-corrected chi connectivity index (χ2v) is 6.58. The van der Waals surface area contributed by atoms with Gasteiger partial charge in [-0.3, -0.25) is 4.79 Å². The third-order valence-corrected chi connectivity index (χ3v) is 2.97. The molecule has 2 nitrogen and oxygen atoms in total. The molecule has 0 radical (unpaired) electrons. The van der Waals surface area contributed by atoms with E-state index in [1.54, 1.807) is 6.08 Å². The molecule has 1 aromatic carbocycles. The molecular weight excluding hydrogens is 232 g/mol. The Kier molecular flexibility index (Phi) is 4.97. The van der Waals surface area contributed by atoms with Crippen LogP contribution >= 0.6 is 11.8 Å². The van der Waals surface area contributed by atoms with E-state index in [1.165, 1.54) is 6.08 Å². The van der Waals surface area contributed by atoms with E-state index in [0.29, 0.717) is 0 Å². The van der Waals surface area contributed by atoms with E-state index in [2.05, 4.69) is 0 Å². The van der Waals surface area contributed by atoms with Crippen LogP contribution < -0.4 is 0 Å². The van der Waals surface area contributed by atoms with E-state index in [9.17, 15) is 9.90 Å². The van der Waals surface area contributed by atoms with Crippen molar-refractivity contribution in [2.75, 3.05) is 0 Å². The lowest BCUT2D eigenvalue weighted by molar-refractivity contribution is -0.116. The molecule has 0 spiro atoms. The molecule has 0 aliphatic carbocycles. The van der Waals surface area contributed by atoms with Crippen LogP contribution in [0.2, 0.25) is 0 Å². The molecule has 1 N–H and O–H groups in total. The fourth-order valence-corrected chi connectivity index (χ4v) is 2.01. The number of aliphatic hydroxyl groups is 1. The molecule has 0 bridgehead atoms. The summed E-state index contributed by atoms with van der Waals surface area (Å²) in [6, 6.07) is 9.60. The van der Waals surface area contributed by atoms with Gasteiger partial charge in [-0.25, -0.2) is 0 Å². The van der Waals surface area contributed by atoms with Gasteiger partial charge in [0.25, 0.3) is 0 Å². The smallest absolute Gasteiger partial charge is 0.221 e. The molecule has 0 aromatic heterocycles. The zero-order valence-corrected chi connectivity index (χ0v) is 11.2. The van der Waals surface area contributed by atoms with Gasteiger partial charge in [0, 0.05) is 4.75 Å². The van der Waals surface area contributed by atoms with Crippen LogP contribution in [0.4, 0.5) is 0 Å². The van der Waals surface area contributed by atoms with Gasteiger partial charge in [-0.15, -0.1) is 0 Å². The molecule has 0 amide bonds. The van der Waals surface area contributed by atoms with Gasteiger partial charge in [0.05, 0.1) is 0 Å². The molecule has 0 saturated carbocycles. The largest absolute Gasteiger partial charge is 0.380 e. The SMILES string of the molecule is CC(C)(C)SC(=O)C(O)/C=C/c1ccccc1. The van der Waals surface area contributed by atoms with Gasteiger partial charge in [-0.2, -0.15) is 0 Å². The Morgan fingerprint density at radius 3 is 2.41 bits per heavy atom. The molecule has 17 heavy (non-hydrogen) atoms. The number of carbonyl (C=O) groups excluding carboxylic acids is 1. The summed E-state index contributed by atoms with van der Waals surface area (Å²) in [4.78, 5) is 11.6. The highest BCUT2D eigenvalue weighted by atomic mass is 32.2.